The van der Waals surface area contributed by atoms with E-state index in [2.05, 4.69) is 21.2 Å². The predicted molar refractivity (Wildman–Crippen MR) is 32.7 cm³/mol. The lowest BCUT2D eigenvalue weighted by atomic mass is 10.3. The molecule has 1 radical (unpaired) electrons. The third-order valence-electron chi connectivity index (χ3n) is 1.16. The van der Waals surface area contributed by atoms with E-state index in [4.69, 9.17) is 0 Å². The molecule has 9 heavy (non-hydrogen) atoms. The van der Waals surface area contributed by atoms with Crippen LogP contribution in [0.5, 0.6) is 0 Å². The van der Waals surface area contributed by atoms with Crippen LogP contribution in [0.4, 0.5) is 0 Å². The minimum absolute atomic E-state index is 0.859. The van der Waals surface area contributed by atoms with Gasteiger partial charge < -0.3 is 0 Å². The van der Waals surface area contributed by atoms with Crippen LogP contribution in [0.1, 0.15) is 0 Å². The van der Waals surface area contributed by atoms with E-state index in [-0.39, 0.29) is 0 Å². The third-order valence-corrected chi connectivity index (χ3v) is 1.16. The van der Waals surface area contributed by atoms with E-state index in [1.54, 1.807) is 18.6 Å². The van der Waals surface area contributed by atoms with Gasteiger partial charge in [0.15, 0.2) is 0 Å². The Kier molecular flexibility index (Phi) is 0.773. The Labute approximate surface area is 51.7 Å². The molecular weight excluding hydrogens is 114 g/mol. The number of hydrogen-bond acceptors (Lipinski definition) is 2. The SMILES string of the molecule is [c]1cncc2n[nH]cc12. The highest BCUT2D eigenvalue weighted by molar-refractivity contribution is 5.75. The standard InChI is InChI=1S/C6H4N3/c1-2-7-4-6-5(1)3-8-9-6/h2-4H,(H,8,9). The first kappa shape index (κ1) is 4.49. The molecule has 2 heterocycles. The van der Waals surface area contributed by atoms with Crippen molar-refractivity contribution in [2.24, 2.45) is 0 Å². The van der Waals surface area contributed by atoms with Gasteiger partial charge >= 0.3 is 0 Å². The van der Waals surface area contributed by atoms with E-state index in [1.165, 1.54) is 0 Å². The fourth-order valence-corrected chi connectivity index (χ4v) is 0.729. The molecule has 3 heteroatoms. The summed E-state index contributed by atoms with van der Waals surface area (Å²) in [7, 11) is 0. The average molecular weight is 118 g/mol. The fraction of sp³-hybridized carbons (Fsp3) is 0. The number of aromatic amines is 1. The monoisotopic (exact) mass is 118 g/mol. The van der Waals surface area contributed by atoms with Crippen LogP contribution in [0.3, 0.4) is 0 Å². The van der Waals surface area contributed by atoms with Crippen LogP contribution in [0.2, 0.25) is 0 Å². The van der Waals surface area contributed by atoms with Gasteiger partial charge in [0, 0.05) is 23.8 Å². The molecule has 0 amide bonds. The van der Waals surface area contributed by atoms with E-state index in [1.807, 2.05) is 0 Å². The van der Waals surface area contributed by atoms with Gasteiger partial charge in [-0.3, -0.25) is 10.1 Å². The van der Waals surface area contributed by atoms with Crippen molar-refractivity contribution in [3.05, 3.63) is 24.7 Å². The Bertz CT molecular complexity index is 282. The Balaban J connectivity index is 2.95. The Morgan fingerprint density at radius 2 is 2.56 bits per heavy atom. The molecule has 0 aromatic carbocycles. The first-order valence-corrected chi connectivity index (χ1v) is 2.62. The zero-order valence-corrected chi connectivity index (χ0v) is 4.63. The van der Waals surface area contributed by atoms with Crippen molar-refractivity contribution in [2.45, 2.75) is 0 Å². The van der Waals surface area contributed by atoms with Gasteiger partial charge in [-0.2, -0.15) is 5.10 Å². The van der Waals surface area contributed by atoms with Gasteiger partial charge in [0.05, 0.1) is 6.20 Å². The molecule has 43 valence electrons. The summed E-state index contributed by atoms with van der Waals surface area (Å²) in [5.74, 6) is 0. The molecular formula is C6H4N3. The summed E-state index contributed by atoms with van der Waals surface area (Å²) in [4.78, 5) is 3.85. The first-order chi connectivity index (χ1) is 4.47. The molecule has 0 unspecified atom stereocenters. The number of hydrogen-bond donors (Lipinski definition) is 1. The minimum atomic E-state index is 0.859. The summed E-state index contributed by atoms with van der Waals surface area (Å²) in [6.07, 6.45) is 5.11. The van der Waals surface area contributed by atoms with Crippen molar-refractivity contribution in [1.29, 1.82) is 0 Å². The van der Waals surface area contributed by atoms with Crippen LogP contribution in [-0.2, 0) is 0 Å². The highest BCUT2D eigenvalue weighted by Crippen LogP contribution is 2.04. The molecule has 0 atom stereocenters. The van der Waals surface area contributed by atoms with Crippen LogP contribution >= 0.6 is 0 Å². The molecule has 0 fully saturated rings. The summed E-state index contributed by atoms with van der Waals surface area (Å²) in [5.41, 5.74) is 0.859. The molecule has 2 aromatic heterocycles. The van der Waals surface area contributed by atoms with Crippen molar-refractivity contribution in [2.75, 3.05) is 0 Å². The lowest BCUT2D eigenvalue weighted by Crippen LogP contribution is -1.69. The number of H-pyrrole nitrogens is 1. The van der Waals surface area contributed by atoms with Crippen LogP contribution in [0.15, 0.2) is 18.6 Å². The number of pyridine rings is 1. The Morgan fingerprint density at radius 3 is 3.44 bits per heavy atom. The largest absolute Gasteiger partial charge is 0.284 e. The van der Waals surface area contributed by atoms with Crippen molar-refractivity contribution >= 4 is 10.9 Å². The molecule has 2 aromatic rings. The quantitative estimate of drug-likeness (QED) is 0.554. The van der Waals surface area contributed by atoms with Gasteiger partial charge in [-0.1, -0.05) is 0 Å². The average Bonchev–Trinajstić information content (AvgIpc) is 2.33. The number of nitrogens with one attached hydrogen (secondary N) is 1. The lowest BCUT2D eigenvalue weighted by molar-refractivity contribution is 1.11. The van der Waals surface area contributed by atoms with E-state index in [0.717, 1.165) is 10.9 Å². The van der Waals surface area contributed by atoms with Gasteiger partial charge in [-0.25, -0.2) is 0 Å². The summed E-state index contributed by atoms with van der Waals surface area (Å²) in [6, 6.07) is 2.93. The van der Waals surface area contributed by atoms with Gasteiger partial charge in [-0.15, -0.1) is 0 Å². The zero-order valence-electron chi connectivity index (χ0n) is 4.63. The number of nitrogens with zero attached hydrogens (tertiary/aromatic N) is 2. The van der Waals surface area contributed by atoms with Gasteiger partial charge in [0.1, 0.15) is 5.52 Å². The molecule has 0 bridgehead atoms. The van der Waals surface area contributed by atoms with Crippen LogP contribution in [-0.4, -0.2) is 15.2 Å². The molecule has 2 rings (SSSR count). The van der Waals surface area contributed by atoms with E-state index >= 15 is 0 Å². The maximum atomic E-state index is 3.90. The minimum Gasteiger partial charge on any atom is -0.284 e. The molecule has 1 N–H and O–H groups in total. The number of rotatable bonds is 0. The van der Waals surface area contributed by atoms with E-state index < -0.39 is 0 Å². The molecule has 0 aliphatic heterocycles. The molecule has 0 aliphatic rings. The smallest absolute Gasteiger partial charge is 0.111 e. The molecule has 3 nitrogen and oxygen atoms in total. The van der Waals surface area contributed by atoms with Crippen LogP contribution < -0.4 is 0 Å². The summed E-state index contributed by atoms with van der Waals surface area (Å²) in [5, 5.41) is 7.59. The Morgan fingerprint density at radius 1 is 1.56 bits per heavy atom. The van der Waals surface area contributed by atoms with E-state index in [9.17, 15) is 0 Å². The molecule has 0 saturated carbocycles. The molecule has 0 spiro atoms. The van der Waals surface area contributed by atoms with Crippen molar-refractivity contribution in [3.63, 3.8) is 0 Å². The van der Waals surface area contributed by atoms with Gasteiger partial charge in [0.25, 0.3) is 0 Å². The van der Waals surface area contributed by atoms with Gasteiger partial charge in [-0.05, 0) is 0 Å². The molecule has 0 aliphatic carbocycles. The highest BCUT2D eigenvalue weighted by Gasteiger charge is 1.90. The number of aromatic nitrogens is 3. The molecule has 0 saturated heterocycles. The van der Waals surface area contributed by atoms with Gasteiger partial charge in [0.2, 0.25) is 0 Å². The van der Waals surface area contributed by atoms with Crippen LogP contribution in [0, 0.1) is 6.07 Å². The zero-order chi connectivity index (χ0) is 6.10. The van der Waals surface area contributed by atoms with Crippen molar-refractivity contribution in [1.82, 2.24) is 15.2 Å². The van der Waals surface area contributed by atoms with Crippen molar-refractivity contribution < 1.29 is 0 Å². The normalized spacial score (nSPS) is 10.2. The lowest BCUT2D eigenvalue weighted by Gasteiger charge is -1.78. The second-order valence-corrected chi connectivity index (χ2v) is 1.74. The van der Waals surface area contributed by atoms with Crippen LogP contribution in [0.25, 0.3) is 10.9 Å². The number of fused-ring (bicyclic) bond motifs is 1. The second kappa shape index (κ2) is 1.55. The highest BCUT2D eigenvalue weighted by atomic mass is 15.1. The predicted octanol–water partition coefficient (Wildman–Crippen LogP) is 0.758. The summed E-state index contributed by atoms with van der Waals surface area (Å²) < 4.78 is 0. The maximum Gasteiger partial charge on any atom is 0.111 e. The second-order valence-electron chi connectivity index (χ2n) is 1.74. The topological polar surface area (TPSA) is 41.6 Å². The summed E-state index contributed by atoms with van der Waals surface area (Å²) >= 11 is 0. The Hall–Kier alpha value is -1.38. The summed E-state index contributed by atoms with van der Waals surface area (Å²) in [6.45, 7) is 0. The third kappa shape index (κ3) is 0.579. The fourth-order valence-electron chi connectivity index (χ4n) is 0.729. The maximum absolute atomic E-state index is 3.90. The first-order valence-electron chi connectivity index (χ1n) is 2.62. The van der Waals surface area contributed by atoms with E-state index in [0.29, 0.717) is 0 Å². The van der Waals surface area contributed by atoms with Crippen molar-refractivity contribution in [3.8, 4) is 0 Å².